The zero-order chi connectivity index (χ0) is 18.4. The predicted molar refractivity (Wildman–Crippen MR) is 110 cm³/mol. The molecule has 0 heterocycles. The predicted octanol–water partition coefficient (Wildman–Crippen LogP) is 6.35. The summed E-state index contributed by atoms with van der Waals surface area (Å²) in [6, 6.07) is 20.3. The Kier molecular flexibility index (Phi) is 6.61. The molecule has 0 aromatic heterocycles. The summed E-state index contributed by atoms with van der Waals surface area (Å²) in [7, 11) is 0. The highest BCUT2D eigenvalue weighted by Gasteiger charge is 2.25. The van der Waals surface area contributed by atoms with E-state index in [9.17, 15) is 0 Å². The molecule has 0 aliphatic rings. The van der Waals surface area contributed by atoms with Crippen LogP contribution in [0.3, 0.4) is 0 Å². The minimum absolute atomic E-state index is 0.119. The lowest BCUT2D eigenvalue weighted by atomic mass is 9.78. The first-order valence-corrected chi connectivity index (χ1v) is 9.31. The molecular formula is C24H33N. The van der Waals surface area contributed by atoms with Crippen molar-refractivity contribution >= 4 is 0 Å². The third-order valence-electron chi connectivity index (χ3n) is 4.86. The van der Waals surface area contributed by atoms with Crippen LogP contribution in [0.5, 0.6) is 0 Å². The molecule has 2 aromatic carbocycles. The monoisotopic (exact) mass is 335 g/mol. The van der Waals surface area contributed by atoms with Crippen molar-refractivity contribution in [3.63, 3.8) is 0 Å². The first-order valence-electron chi connectivity index (χ1n) is 9.31. The first-order chi connectivity index (χ1) is 11.8. The number of hydrogen-bond donors (Lipinski definition) is 1. The van der Waals surface area contributed by atoms with Crippen molar-refractivity contribution in [1.82, 2.24) is 5.32 Å². The van der Waals surface area contributed by atoms with Crippen molar-refractivity contribution in [2.45, 2.75) is 65.5 Å². The van der Waals surface area contributed by atoms with Crippen molar-refractivity contribution in [3.05, 3.63) is 82.9 Å². The average Bonchev–Trinajstić information content (AvgIpc) is 2.55. The van der Waals surface area contributed by atoms with Crippen LogP contribution in [0.4, 0.5) is 0 Å². The molecule has 0 amide bonds. The summed E-state index contributed by atoms with van der Waals surface area (Å²) >= 11 is 0. The molecule has 0 bridgehead atoms. The number of aryl methyl sites for hydroxylation is 1. The Morgan fingerprint density at radius 2 is 1.60 bits per heavy atom. The molecule has 134 valence electrons. The van der Waals surface area contributed by atoms with E-state index in [4.69, 9.17) is 0 Å². The zero-order valence-electron chi connectivity index (χ0n) is 16.6. The molecule has 1 unspecified atom stereocenters. The second-order valence-corrected chi connectivity index (χ2v) is 8.10. The summed E-state index contributed by atoms with van der Waals surface area (Å²) in [6.45, 7) is 13.4. The van der Waals surface area contributed by atoms with Gasteiger partial charge in [0, 0.05) is 12.1 Å². The topological polar surface area (TPSA) is 12.0 Å². The third-order valence-corrected chi connectivity index (χ3v) is 4.86. The van der Waals surface area contributed by atoms with Crippen molar-refractivity contribution in [2.24, 2.45) is 0 Å². The normalized spacial score (nSPS) is 14.0. The highest BCUT2D eigenvalue weighted by Crippen LogP contribution is 2.30. The molecule has 0 aliphatic carbocycles. The van der Waals surface area contributed by atoms with Crippen LogP contribution in [0.15, 0.2) is 66.2 Å². The number of rotatable bonds is 7. The van der Waals surface area contributed by atoms with Crippen molar-refractivity contribution < 1.29 is 0 Å². The van der Waals surface area contributed by atoms with Gasteiger partial charge in [-0.2, -0.15) is 0 Å². The van der Waals surface area contributed by atoms with E-state index < -0.39 is 0 Å². The standard InChI is InChI=1S/C24H33N/c1-18(2)16-23(25-20(4)21-10-8-7-9-11-21)17-24(5,6)22-14-12-19(3)13-15-22/h7-16,20,23,25H,17H2,1-6H3/t20-,23?/m0/s1. The second-order valence-electron chi connectivity index (χ2n) is 8.10. The fourth-order valence-corrected chi connectivity index (χ4v) is 3.40. The molecule has 0 fully saturated rings. The molecule has 1 nitrogen and oxygen atoms in total. The second kappa shape index (κ2) is 8.49. The summed E-state index contributed by atoms with van der Waals surface area (Å²) in [4.78, 5) is 0. The fraction of sp³-hybridized carbons (Fsp3) is 0.417. The van der Waals surface area contributed by atoms with Crippen LogP contribution in [0.1, 0.15) is 63.8 Å². The summed E-state index contributed by atoms with van der Waals surface area (Å²) in [5.74, 6) is 0. The smallest absolute Gasteiger partial charge is 0.0297 e. The minimum Gasteiger partial charge on any atom is -0.304 e. The lowest BCUT2D eigenvalue weighted by Gasteiger charge is -2.32. The molecule has 0 radical (unpaired) electrons. The largest absolute Gasteiger partial charge is 0.304 e. The lowest BCUT2D eigenvalue weighted by molar-refractivity contribution is 0.387. The van der Waals surface area contributed by atoms with E-state index in [2.05, 4.69) is 108 Å². The van der Waals surface area contributed by atoms with Gasteiger partial charge in [0.25, 0.3) is 0 Å². The van der Waals surface area contributed by atoms with Crippen LogP contribution in [-0.2, 0) is 5.41 Å². The van der Waals surface area contributed by atoms with Crippen LogP contribution in [0.25, 0.3) is 0 Å². The zero-order valence-corrected chi connectivity index (χ0v) is 16.6. The highest BCUT2D eigenvalue weighted by molar-refractivity contribution is 5.28. The third kappa shape index (κ3) is 5.86. The van der Waals surface area contributed by atoms with Gasteiger partial charge in [0.05, 0.1) is 0 Å². The summed E-state index contributed by atoms with van der Waals surface area (Å²) in [5.41, 5.74) is 5.53. The molecule has 1 heteroatoms. The molecule has 25 heavy (non-hydrogen) atoms. The van der Waals surface area contributed by atoms with Crippen molar-refractivity contribution in [3.8, 4) is 0 Å². The number of benzene rings is 2. The maximum Gasteiger partial charge on any atom is 0.0297 e. The summed E-state index contributed by atoms with van der Waals surface area (Å²) in [6.07, 6.45) is 3.44. The van der Waals surface area contributed by atoms with E-state index in [1.807, 2.05) is 0 Å². The van der Waals surface area contributed by atoms with Gasteiger partial charge in [0.15, 0.2) is 0 Å². The maximum absolute atomic E-state index is 3.83. The molecular weight excluding hydrogens is 302 g/mol. The number of nitrogens with one attached hydrogen (secondary N) is 1. The van der Waals surface area contributed by atoms with Crippen LogP contribution in [0.2, 0.25) is 0 Å². The number of hydrogen-bond acceptors (Lipinski definition) is 1. The quantitative estimate of drug-likeness (QED) is 0.581. The van der Waals surface area contributed by atoms with E-state index in [1.165, 1.54) is 22.3 Å². The maximum atomic E-state index is 3.83. The number of allylic oxidation sites excluding steroid dienone is 1. The van der Waals surface area contributed by atoms with Crippen LogP contribution >= 0.6 is 0 Å². The van der Waals surface area contributed by atoms with Crippen LogP contribution < -0.4 is 5.32 Å². The van der Waals surface area contributed by atoms with E-state index in [0.29, 0.717) is 12.1 Å². The molecule has 0 saturated carbocycles. The van der Waals surface area contributed by atoms with Gasteiger partial charge in [-0.15, -0.1) is 0 Å². The summed E-state index contributed by atoms with van der Waals surface area (Å²) in [5, 5.41) is 3.83. The Balaban J connectivity index is 2.17. The Morgan fingerprint density at radius 1 is 1.00 bits per heavy atom. The van der Waals surface area contributed by atoms with Crippen LogP contribution in [-0.4, -0.2) is 6.04 Å². The Morgan fingerprint density at radius 3 is 2.16 bits per heavy atom. The molecule has 2 atom stereocenters. The fourth-order valence-electron chi connectivity index (χ4n) is 3.40. The Hall–Kier alpha value is -1.86. The van der Waals surface area contributed by atoms with Gasteiger partial charge in [-0.25, -0.2) is 0 Å². The highest BCUT2D eigenvalue weighted by atomic mass is 14.9. The average molecular weight is 336 g/mol. The van der Waals surface area contributed by atoms with E-state index in [-0.39, 0.29) is 5.41 Å². The van der Waals surface area contributed by atoms with Gasteiger partial charge in [-0.05, 0) is 50.7 Å². The molecule has 2 aromatic rings. The van der Waals surface area contributed by atoms with Gasteiger partial charge in [-0.1, -0.05) is 85.7 Å². The van der Waals surface area contributed by atoms with E-state index in [0.717, 1.165) is 6.42 Å². The molecule has 1 N–H and O–H groups in total. The molecule has 0 aliphatic heterocycles. The first kappa shape index (κ1) is 19.5. The molecule has 0 spiro atoms. The van der Waals surface area contributed by atoms with Gasteiger partial charge >= 0.3 is 0 Å². The van der Waals surface area contributed by atoms with Gasteiger partial charge in [0.1, 0.15) is 0 Å². The van der Waals surface area contributed by atoms with Gasteiger partial charge in [-0.3, -0.25) is 0 Å². The SMILES string of the molecule is CC(C)=CC(CC(C)(C)c1ccc(C)cc1)N[C@@H](C)c1ccccc1. The van der Waals surface area contributed by atoms with Crippen LogP contribution in [0, 0.1) is 6.92 Å². The van der Waals surface area contributed by atoms with Gasteiger partial charge < -0.3 is 5.32 Å². The van der Waals surface area contributed by atoms with Crippen molar-refractivity contribution in [1.29, 1.82) is 0 Å². The van der Waals surface area contributed by atoms with Crippen molar-refractivity contribution in [2.75, 3.05) is 0 Å². The Bertz CT molecular complexity index is 676. The van der Waals surface area contributed by atoms with E-state index in [1.54, 1.807) is 0 Å². The Labute approximate surface area is 154 Å². The molecule has 2 rings (SSSR count). The minimum atomic E-state index is 0.119. The van der Waals surface area contributed by atoms with Gasteiger partial charge in [0.2, 0.25) is 0 Å². The lowest BCUT2D eigenvalue weighted by Crippen LogP contribution is -2.36. The van der Waals surface area contributed by atoms with E-state index >= 15 is 0 Å². The summed E-state index contributed by atoms with van der Waals surface area (Å²) < 4.78 is 0. The molecule has 0 saturated heterocycles.